The molecule has 0 saturated heterocycles. The Morgan fingerprint density at radius 2 is 1.90 bits per heavy atom. The van der Waals surface area contributed by atoms with Gasteiger partial charge in [-0.25, -0.2) is 4.98 Å². The maximum atomic E-state index is 10.1. The summed E-state index contributed by atoms with van der Waals surface area (Å²) in [6.07, 6.45) is 0. The fraction of sp³-hybridized carbons (Fsp3) is 0.118. The van der Waals surface area contributed by atoms with Gasteiger partial charge in [0.2, 0.25) is 0 Å². The molecule has 3 aromatic rings. The third kappa shape index (κ3) is 2.52. The van der Waals surface area contributed by atoms with E-state index in [1.807, 2.05) is 31.2 Å². The van der Waals surface area contributed by atoms with Crippen LogP contribution < -0.4 is 4.74 Å². The van der Waals surface area contributed by atoms with Crippen molar-refractivity contribution in [3.05, 3.63) is 53.1 Å². The highest BCUT2D eigenvalue weighted by Crippen LogP contribution is 2.33. The van der Waals surface area contributed by atoms with Gasteiger partial charge >= 0.3 is 0 Å². The molecule has 0 saturated carbocycles. The number of aromatic nitrogens is 1. The van der Waals surface area contributed by atoms with Crippen LogP contribution in [0, 0.1) is 6.92 Å². The van der Waals surface area contributed by atoms with Crippen LogP contribution in [0.25, 0.3) is 22.2 Å². The molecular formula is C17H14ClNO2. The number of hydrogen-bond donors (Lipinski definition) is 1. The molecule has 0 atom stereocenters. The molecule has 0 fully saturated rings. The number of hydrogen-bond acceptors (Lipinski definition) is 3. The van der Waals surface area contributed by atoms with E-state index in [9.17, 15) is 5.11 Å². The summed E-state index contributed by atoms with van der Waals surface area (Å²) in [6, 6.07) is 12.6. The molecule has 0 aliphatic carbocycles. The number of benzene rings is 2. The van der Waals surface area contributed by atoms with Crippen LogP contribution in [0.4, 0.5) is 0 Å². The number of phenolic OH excluding ortho intramolecular Hbond substituents is 1. The third-order valence-electron chi connectivity index (χ3n) is 3.46. The highest BCUT2D eigenvalue weighted by Gasteiger charge is 2.10. The molecule has 3 rings (SSSR count). The second kappa shape index (κ2) is 5.26. The van der Waals surface area contributed by atoms with Crippen LogP contribution in [0.3, 0.4) is 0 Å². The topological polar surface area (TPSA) is 42.4 Å². The van der Waals surface area contributed by atoms with E-state index in [1.165, 1.54) is 0 Å². The van der Waals surface area contributed by atoms with Crippen LogP contribution in [0.15, 0.2) is 42.5 Å². The largest absolute Gasteiger partial charge is 0.507 e. The minimum atomic E-state index is 0.177. The second-order valence-electron chi connectivity index (χ2n) is 4.87. The molecule has 0 unspecified atom stereocenters. The maximum absolute atomic E-state index is 10.1. The zero-order chi connectivity index (χ0) is 15.0. The number of nitrogens with zero attached hydrogens (tertiary/aromatic N) is 1. The maximum Gasteiger partial charge on any atom is 0.125 e. The average Bonchev–Trinajstić information content (AvgIpc) is 2.48. The number of phenols is 1. The molecule has 106 valence electrons. The summed E-state index contributed by atoms with van der Waals surface area (Å²) >= 11 is 6.03. The summed E-state index contributed by atoms with van der Waals surface area (Å²) < 4.78 is 5.21. The number of aromatic hydroxyl groups is 1. The number of halogens is 1. The lowest BCUT2D eigenvalue weighted by Gasteiger charge is -2.10. The van der Waals surface area contributed by atoms with Gasteiger partial charge in [-0.2, -0.15) is 0 Å². The normalized spacial score (nSPS) is 10.8. The van der Waals surface area contributed by atoms with E-state index in [4.69, 9.17) is 16.3 Å². The molecule has 0 amide bonds. The Bertz CT molecular complexity index is 830. The highest BCUT2D eigenvalue weighted by atomic mass is 35.5. The molecule has 0 radical (unpaired) electrons. The molecule has 0 bridgehead atoms. The quantitative estimate of drug-likeness (QED) is 0.753. The summed E-state index contributed by atoms with van der Waals surface area (Å²) in [6.45, 7) is 2.00. The molecule has 4 heteroatoms. The van der Waals surface area contributed by atoms with Crippen molar-refractivity contribution in [2.24, 2.45) is 0 Å². The lowest BCUT2D eigenvalue weighted by molar-refractivity contribution is 0.412. The monoisotopic (exact) mass is 299 g/mol. The fourth-order valence-corrected chi connectivity index (χ4v) is 2.52. The molecule has 2 aromatic carbocycles. The van der Waals surface area contributed by atoms with Crippen molar-refractivity contribution >= 4 is 22.5 Å². The van der Waals surface area contributed by atoms with Crippen LogP contribution in [0.1, 0.15) is 5.56 Å². The molecule has 1 N–H and O–H groups in total. The molecule has 1 aromatic heterocycles. The highest BCUT2D eigenvalue weighted by molar-refractivity contribution is 6.31. The number of ether oxygens (including phenoxy) is 1. The van der Waals surface area contributed by atoms with Gasteiger partial charge in [-0.05, 0) is 55.0 Å². The zero-order valence-electron chi connectivity index (χ0n) is 11.7. The van der Waals surface area contributed by atoms with Gasteiger partial charge in [0, 0.05) is 16.0 Å². The average molecular weight is 300 g/mol. The molecule has 0 spiro atoms. The van der Waals surface area contributed by atoms with E-state index >= 15 is 0 Å². The smallest absolute Gasteiger partial charge is 0.125 e. The summed E-state index contributed by atoms with van der Waals surface area (Å²) in [4.78, 5) is 4.61. The van der Waals surface area contributed by atoms with Crippen molar-refractivity contribution in [2.45, 2.75) is 6.92 Å². The fourth-order valence-electron chi connectivity index (χ4n) is 2.35. The van der Waals surface area contributed by atoms with Crippen molar-refractivity contribution in [3.8, 4) is 22.8 Å². The van der Waals surface area contributed by atoms with E-state index in [0.717, 1.165) is 16.5 Å². The van der Waals surface area contributed by atoms with Crippen molar-refractivity contribution in [2.75, 3.05) is 7.11 Å². The number of aryl methyl sites for hydroxylation is 1. The molecule has 1 heterocycles. The number of fused-ring (bicyclic) bond motifs is 1. The van der Waals surface area contributed by atoms with E-state index in [1.54, 1.807) is 25.3 Å². The number of pyridine rings is 1. The molecule has 3 nitrogen and oxygen atoms in total. The standard InChI is InChI=1S/C17H14ClNO2/c1-10-7-16(14-9-12(21-2)4-6-17(14)20)19-15-5-3-11(18)8-13(10)15/h3-9,20H,1-2H3. The first kappa shape index (κ1) is 13.7. The Kier molecular flexibility index (Phi) is 3.43. The van der Waals surface area contributed by atoms with Crippen molar-refractivity contribution < 1.29 is 9.84 Å². The Labute approximate surface area is 127 Å². The van der Waals surface area contributed by atoms with Crippen LogP contribution in [-0.2, 0) is 0 Å². The SMILES string of the molecule is COc1ccc(O)c(-c2cc(C)c3cc(Cl)ccc3n2)c1. The van der Waals surface area contributed by atoms with Crippen LogP contribution in [-0.4, -0.2) is 17.2 Å². The van der Waals surface area contributed by atoms with Gasteiger partial charge in [-0.15, -0.1) is 0 Å². The van der Waals surface area contributed by atoms with E-state index in [2.05, 4.69) is 4.98 Å². The van der Waals surface area contributed by atoms with E-state index < -0.39 is 0 Å². The van der Waals surface area contributed by atoms with Gasteiger partial charge in [0.1, 0.15) is 11.5 Å². The first-order valence-electron chi connectivity index (χ1n) is 6.53. The van der Waals surface area contributed by atoms with Gasteiger partial charge in [0.05, 0.1) is 18.3 Å². The minimum Gasteiger partial charge on any atom is -0.507 e. The predicted octanol–water partition coefficient (Wildman–Crippen LogP) is 4.58. The van der Waals surface area contributed by atoms with Crippen molar-refractivity contribution in [1.82, 2.24) is 4.98 Å². The molecule has 21 heavy (non-hydrogen) atoms. The summed E-state index contributed by atoms with van der Waals surface area (Å²) in [5.41, 5.74) is 3.25. The van der Waals surface area contributed by atoms with E-state index in [0.29, 0.717) is 22.0 Å². The second-order valence-corrected chi connectivity index (χ2v) is 5.31. The molecule has 0 aliphatic rings. The van der Waals surface area contributed by atoms with E-state index in [-0.39, 0.29) is 5.75 Å². The van der Waals surface area contributed by atoms with Crippen LogP contribution in [0.2, 0.25) is 5.02 Å². The van der Waals surface area contributed by atoms with Crippen LogP contribution in [0.5, 0.6) is 11.5 Å². The van der Waals surface area contributed by atoms with Crippen LogP contribution >= 0.6 is 11.6 Å². The Morgan fingerprint density at radius 3 is 2.67 bits per heavy atom. The van der Waals surface area contributed by atoms with Gasteiger partial charge in [-0.1, -0.05) is 11.6 Å². The Morgan fingerprint density at radius 1 is 1.10 bits per heavy atom. The first-order chi connectivity index (χ1) is 10.1. The van der Waals surface area contributed by atoms with Gasteiger partial charge in [0.25, 0.3) is 0 Å². The van der Waals surface area contributed by atoms with Crippen molar-refractivity contribution in [3.63, 3.8) is 0 Å². The lowest BCUT2D eigenvalue weighted by Crippen LogP contribution is -1.91. The lowest BCUT2D eigenvalue weighted by atomic mass is 10.0. The van der Waals surface area contributed by atoms with Gasteiger partial charge in [0.15, 0.2) is 0 Å². The minimum absolute atomic E-state index is 0.177. The summed E-state index contributed by atoms with van der Waals surface area (Å²) in [7, 11) is 1.59. The number of rotatable bonds is 2. The third-order valence-corrected chi connectivity index (χ3v) is 3.69. The van der Waals surface area contributed by atoms with Gasteiger partial charge < -0.3 is 9.84 Å². The Hall–Kier alpha value is -2.26. The molecular weight excluding hydrogens is 286 g/mol. The van der Waals surface area contributed by atoms with Crippen molar-refractivity contribution in [1.29, 1.82) is 0 Å². The first-order valence-corrected chi connectivity index (χ1v) is 6.90. The molecule has 0 aliphatic heterocycles. The summed E-state index contributed by atoms with van der Waals surface area (Å²) in [5.74, 6) is 0.856. The summed E-state index contributed by atoms with van der Waals surface area (Å²) in [5, 5.41) is 11.8. The van der Waals surface area contributed by atoms with Gasteiger partial charge in [-0.3, -0.25) is 0 Å². The Balaban J connectivity index is 2.24. The number of methoxy groups -OCH3 is 1. The predicted molar refractivity (Wildman–Crippen MR) is 85.1 cm³/mol. The zero-order valence-corrected chi connectivity index (χ0v) is 12.5.